The van der Waals surface area contributed by atoms with E-state index in [-0.39, 0.29) is 5.56 Å². The Labute approximate surface area is 121 Å². The van der Waals surface area contributed by atoms with E-state index in [1.165, 1.54) is 11.8 Å². The Balaban J connectivity index is 2.57. The molecule has 0 aliphatic rings. The monoisotopic (exact) mass is 285 g/mol. The zero-order valence-electron chi connectivity index (χ0n) is 12.0. The summed E-state index contributed by atoms with van der Waals surface area (Å²) in [6, 6.07) is 11.1. The normalized spacial score (nSPS) is 10.8. The summed E-state index contributed by atoms with van der Waals surface area (Å²) in [6.07, 6.45) is 0. The van der Waals surface area contributed by atoms with Gasteiger partial charge in [-0.2, -0.15) is 0 Å². The third-order valence-electron chi connectivity index (χ3n) is 3.53. The number of aromatic nitrogens is 1. The fourth-order valence-electron chi connectivity index (χ4n) is 2.56. The summed E-state index contributed by atoms with van der Waals surface area (Å²) < 4.78 is 11.9. The van der Waals surface area contributed by atoms with Gasteiger partial charge in [-0.1, -0.05) is 18.2 Å². The van der Waals surface area contributed by atoms with Gasteiger partial charge in [-0.15, -0.1) is 4.73 Å². The smallest absolute Gasteiger partial charge is 0.291 e. The third-order valence-corrected chi connectivity index (χ3v) is 3.53. The summed E-state index contributed by atoms with van der Waals surface area (Å²) in [4.78, 5) is 17.8. The number of methoxy groups -OCH3 is 2. The lowest BCUT2D eigenvalue weighted by molar-refractivity contribution is 0.170. The maximum Gasteiger partial charge on any atom is 0.291 e. The third kappa shape index (κ3) is 1.89. The maximum absolute atomic E-state index is 12.6. The second-order valence-electron chi connectivity index (χ2n) is 4.55. The van der Waals surface area contributed by atoms with Crippen LogP contribution >= 0.6 is 0 Å². The van der Waals surface area contributed by atoms with Crippen molar-refractivity contribution in [3.8, 4) is 11.5 Å². The molecule has 0 spiro atoms. The van der Waals surface area contributed by atoms with E-state index in [1.807, 2.05) is 30.3 Å². The van der Waals surface area contributed by atoms with E-state index < -0.39 is 0 Å². The van der Waals surface area contributed by atoms with Gasteiger partial charge in [0.05, 0.1) is 25.1 Å². The number of pyridine rings is 1. The first-order chi connectivity index (χ1) is 10.2. The van der Waals surface area contributed by atoms with Crippen LogP contribution in [0.25, 0.3) is 21.7 Å². The van der Waals surface area contributed by atoms with E-state index in [4.69, 9.17) is 14.3 Å². The number of nitrogens with zero attached hydrogens (tertiary/aromatic N) is 1. The van der Waals surface area contributed by atoms with Crippen LogP contribution in [0.1, 0.15) is 0 Å². The second-order valence-corrected chi connectivity index (χ2v) is 4.55. The number of benzene rings is 2. The van der Waals surface area contributed by atoms with Crippen molar-refractivity contribution in [2.24, 2.45) is 0 Å². The van der Waals surface area contributed by atoms with E-state index in [0.29, 0.717) is 22.4 Å². The molecule has 0 radical (unpaired) electrons. The number of hydrogen-bond acceptors (Lipinski definition) is 4. The Kier molecular flexibility index (Phi) is 3.17. The zero-order valence-corrected chi connectivity index (χ0v) is 12.0. The molecule has 0 saturated heterocycles. The summed E-state index contributed by atoms with van der Waals surface area (Å²) in [5, 5.41) is 2.24. The van der Waals surface area contributed by atoms with Crippen molar-refractivity contribution >= 4 is 21.7 Å². The van der Waals surface area contributed by atoms with Crippen molar-refractivity contribution in [1.82, 2.24) is 4.73 Å². The number of fused-ring (bicyclic) bond motifs is 3. The van der Waals surface area contributed by atoms with Gasteiger partial charge in [0.1, 0.15) is 7.11 Å². The van der Waals surface area contributed by atoms with E-state index in [9.17, 15) is 4.79 Å². The number of para-hydroxylation sites is 1. The molecule has 0 bridgehead atoms. The average molecular weight is 285 g/mol. The largest absolute Gasteiger partial charge is 0.493 e. The number of ether oxygens (including phenoxy) is 2. The molecule has 1 aromatic heterocycles. The van der Waals surface area contributed by atoms with Crippen LogP contribution in [0.4, 0.5) is 0 Å². The molecular weight excluding hydrogens is 270 g/mol. The molecule has 5 nitrogen and oxygen atoms in total. The highest BCUT2D eigenvalue weighted by Crippen LogP contribution is 2.33. The highest BCUT2D eigenvalue weighted by atomic mass is 16.6. The molecule has 0 aliphatic carbocycles. The molecule has 108 valence electrons. The summed E-state index contributed by atoms with van der Waals surface area (Å²) in [7, 11) is 4.59. The van der Waals surface area contributed by atoms with Crippen molar-refractivity contribution in [1.29, 1.82) is 0 Å². The van der Waals surface area contributed by atoms with Crippen LogP contribution in [-0.4, -0.2) is 26.1 Å². The molecule has 0 N–H and O–H groups in total. The van der Waals surface area contributed by atoms with Gasteiger partial charge < -0.3 is 14.3 Å². The summed E-state index contributed by atoms with van der Waals surface area (Å²) >= 11 is 0. The van der Waals surface area contributed by atoms with Gasteiger partial charge in [0.25, 0.3) is 5.56 Å². The Morgan fingerprint density at radius 1 is 0.857 bits per heavy atom. The molecule has 3 rings (SSSR count). The van der Waals surface area contributed by atoms with Crippen LogP contribution in [0.2, 0.25) is 0 Å². The van der Waals surface area contributed by atoms with Crippen molar-refractivity contribution in [2.45, 2.75) is 0 Å². The van der Waals surface area contributed by atoms with Crippen LogP contribution in [0.5, 0.6) is 11.5 Å². The first-order valence-corrected chi connectivity index (χ1v) is 6.45. The molecule has 3 aromatic rings. The van der Waals surface area contributed by atoms with Gasteiger partial charge >= 0.3 is 0 Å². The van der Waals surface area contributed by atoms with Gasteiger partial charge in [0.2, 0.25) is 0 Å². The minimum absolute atomic E-state index is 0.229. The fraction of sp³-hybridized carbons (Fsp3) is 0.188. The quantitative estimate of drug-likeness (QED) is 0.692. The molecule has 0 fully saturated rings. The predicted octanol–water partition coefficient (Wildman–Crippen LogP) is 2.23. The Hall–Kier alpha value is -2.69. The second kappa shape index (κ2) is 5.01. The summed E-state index contributed by atoms with van der Waals surface area (Å²) in [5.74, 6) is 1.10. The van der Waals surface area contributed by atoms with Crippen molar-refractivity contribution in [2.75, 3.05) is 21.3 Å². The van der Waals surface area contributed by atoms with Crippen molar-refractivity contribution in [3.63, 3.8) is 0 Å². The van der Waals surface area contributed by atoms with E-state index in [2.05, 4.69) is 0 Å². The van der Waals surface area contributed by atoms with Gasteiger partial charge in [-0.05, 0) is 18.2 Å². The lowest BCUT2D eigenvalue weighted by Crippen LogP contribution is -2.25. The minimum Gasteiger partial charge on any atom is -0.493 e. The van der Waals surface area contributed by atoms with Crippen LogP contribution < -0.4 is 19.9 Å². The topological polar surface area (TPSA) is 49.7 Å². The molecule has 1 heterocycles. The van der Waals surface area contributed by atoms with Gasteiger partial charge in [0.15, 0.2) is 11.5 Å². The van der Waals surface area contributed by atoms with Crippen molar-refractivity contribution in [3.05, 3.63) is 46.8 Å². The van der Waals surface area contributed by atoms with Gasteiger partial charge in [-0.25, -0.2) is 0 Å². The first-order valence-electron chi connectivity index (χ1n) is 6.45. The molecule has 5 heteroatoms. The Bertz CT molecular complexity index is 883. The lowest BCUT2D eigenvalue weighted by atomic mass is 10.1. The molecule has 0 saturated carbocycles. The SMILES string of the molecule is COc1cc2c(=O)n(OC)c3ccccc3c2cc1OC. The lowest BCUT2D eigenvalue weighted by Gasteiger charge is -2.13. The average Bonchev–Trinajstić information content (AvgIpc) is 2.54. The van der Waals surface area contributed by atoms with Crippen LogP contribution in [-0.2, 0) is 0 Å². The van der Waals surface area contributed by atoms with E-state index in [0.717, 1.165) is 10.8 Å². The molecule has 0 atom stereocenters. The number of hydrogen-bond donors (Lipinski definition) is 0. The molecule has 2 aromatic carbocycles. The first kappa shape index (κ1) is 13.3. The highest BCUT2D eigenvalue weighted by molar-refractivity contribution is 6.06. The molecule has 21 heavy (non-hydrogen) atoms. The highest BCUT2D eigenvalue weighted by Gasteiger charge is 2.14. The van der Waals surface area contributed by atoms with Crippen LogP contribution in [0.3, 0.4) is 0 Å². The molecule has 0 aliphatic heterocycles. The molecule has 0 unspecified atom stereocenters. The van der Waals surface area contributed by atoms with Crippen LogP contribution in [0.15, 0.2) is 41.2 Å². The summed E-state index contributed by atoms with van der Waals surface area (Å²) in [5.41, 5.74) is 0.483. The maximum atomic E-state index is 12.6. The van der Waals surface area contributed by atoms with Crippen molar-refractivity contribution < 1.29 is 14.3 Å². The Morgan fingerprint density at radius 2 is 1.48 bits per heavy atom. The summed E-state index contributed by atoms with van der Waals surface area (Å²) in [6.45, 7) is 0. The fourth-order valence-corrected chi connectivity index (χ4v) is 2.56. The number of rotatable bonds is 3. The Morgan fingerprint density at radius 3 is 2.10 bits per heavy atom. The molecule has 0 amide bonds. The zero-order chi connectivity index (χ0) is 15.0. The van der Waals surface area contributed by atoms with E-state index in [1.54, 1.807) is 20.3 Å². The minimum atomic E-state index is -0.229. The van der Waals surface area contributed by atoms with E-state index >= 15 is 0 Å². The van der Waals surface area contributed by atoms with Gasteiger partial charge in [-0.3, -0.25) is 4.79 Å². The standard InChI is InChI=1S/C16H15NO4/c1-19-14-8-11-10-6-4-5-7-13(10)17(21-3)16(18)12(11)9-15(14)20-2/h4-9H,1-3H3. The van der Waals surface area contributed by atoms with Gasteiger partial charge in [0, 0.05) is 10.8 Å². The molecular formula is C16H15NO4. The van der Waals surface area contributed by atoms with Crippen LogP contribution in [0, 0.1) is 0 Å². The predicted molar refractivity (Wildman–Crippen MR) is 81.3 cm³/mol.